The van der Waals surface area contributed by atoms with Crippen LogP contribution in [0, 0.1) is 12.3 Å². The van der Waals surface area contributed by atoms with Crippen LogP contribution in [0.2, 0.25) is 0 Å². The number of ether oxygens (including phenoxy) is 1. The Kier molecular flexibility index (Phi) is 7.39. The van der Waals surface area contributed by atoms with Crippen molar-refractivity contribution < 1.29 is 13.9 Å². The van der Waals surface area contributed by atoms with Gasteiger partial charge in [0.15, 0.2) is 5.76 Å². The zero-order chi connectivity index (χ0) is 15.3. The third-order valence-corrected chi connectivity index (χ3v) is 4.30. The average molecular weight is 331 g/mol. The third-order valence-electron chi connectivity index (χ3n) is 4.30. The lowest BCUT2D eigenvalue weighted by atomic mass is 9.79. The summed E-state index contributed by atoms with van der Waals surface area (Å²) < 4.78 is 11.0. The Morgan fingerprint density at radius 3 is 2.68 bits per heavy atom. The van der Waals surface area contributed by atoms with Gasteiger partial charge < -0.3 is 19.8 Å². The number of hydrogen-bond acceptors (Lipinski definition) is 4. The van der Waals surface area contributed by atoms with Crippen molar-refractivity contribution in [3.05, 3.63) is 23.2 Å². The first-order valence-electron chi connectivity index (χ1n) is 7.67. The van der Waals surface area contributed by atoms with E-state index < -0.39 is 0 Å². The van der Waals surface area contributed by atoms with Crippen LogP contribution in [-0.2, 0) is 11.2 Å². The van der Waals surface area contributed by atoms with Crippen LogP contribution in [0.5, 0.6) is 0 Å². The molecule has 0 spiro atoms. The van der Waals surface area contributed by atoms with E-state index in [0.717, 1.165) is 43.7 Å². The van der Waals surface area contributed by atoms with E-state index in [1.165, 1.54) is 0 Å². The van der Waals surface area contributed by atoms with Gasteiger partial charge in [0, 0.05) is 25.5 Å². The quantitative estimate of drug-likeness (QED) is 0.840. The Balaban J connectivity index is 0.00000242. The smallest absolute Gasteiger partial charge is 0.287 e. The second-order valence-electron chi connectivity index (χ2n) is 5.94. The van der Waals surface area contributed by atoms with Gasteiger partial charge in [-0.15, -0.1) is 12.4 Å². The van der Waals surface area contributed by atoms with Crippen molar-refractivity contribution in [1.82, 2.24) is 10.6 Å². The molecule has 1 aromatic heterocycles. The summed E-state index contributed by atoms with van der Waals surface area (Å²) in [6.45, 7) is 7.24. The Morgan fingerprint density at radius 1 is 1.45 bits per heavy atom. The summed E-state index contributed by atoms with van der Waals surface area (Å²) in [6, 6.07) is 1.82. The van der Waals surface area contributed by atoms with Gasteiger partial charge in [0.05, 0.1) is 6.61 Å². The summed E-state index contributed by atoms with van der Waals surface area (Å²) in [4.78, 5) is 12.3. The Hall–Kier alpha value is -1.04. The predicted octanol–water partition coefficient (Wildman–Crippen LogP) is 2.32. The average Bonchev–Trinajstić information content (AvgIpc) is 2.87. The summed E-state index contributed by atoms with van der Waals surface area (Å²) in [7, 11) is 1.72. The zero-order valence-corrected chi connectivity index (χ0v) is 14.5. The van der Waals surface area contributed by atoms with Crippen molar-refractivity contribution in [2.24, 2.45) is 5.41 Å². The van der Waals surface area contributed by atoms with Gasteiger partial charge in [-0.3, -0.25) is 4.79 Å². The highest BCUT2D eigenvalue weighted by molar-refractivity contribution is 5.91. The maximum Gasteiger partial charge on any atom is 0.287 e. The lowest BCUT2D eigenvalue weighted by Crippen LogP contribution is -2.47. The maximum absolute atomic E-state index is 12.3. The molecule has 2 N–H and O–H groups in total. The second kappa shape index (κ2) is 8.56. The van der Waals surface area contributed by atoms with E-state index in [-0.39, 0.29) is 23.7 Å². The van der Waals surface area contributed by atoms with E-state index in [1.807, 2.05) is 19.9 Å². The summed E-state index contributed by atoms with van der Waals surface area (Å²) in [5, 5.41) is 6.37. The summed E-state index contributed by atoms with van der Waals surface area (Å²) >= 11 is 0. The van der Waals surface area contributed by atoms with E-state index in [9.17, 15) is 4.79 Å². The molecule has 0 atom stereocenters. The molecule has 0 bridgehead atoms. The Morgan fingerprint density at radius 2 is 2.14 bits per heavy atom. The molecule has 1 aliphatic heterocycles. The predicted molar refractivity (Wildman–Crippen MR) is 88.8 cm³/mol. The molecular formula is C16H27ClN2O3. The minimum absolute atomic E-state index is 0. The molecule has 0 aromatic carbocycles. The van der Waals surface area contributed by atoms with Gasteiger partial charge in [0.2, 0.25) is 0 Å². The Labute approximate surface area is 138 Å². The van der Waals surface area contributed by atoms with E-state index in [2.05, 4.69) is 10.6 Å². The molecule has 0 aliphatic carbocycles. The highest BCUT2D eigenvalue weighted by Crippen LogP contribution is 2.28. The van der Waals surface area contributed by atoms with E-state index >= 15 is 0 Å². The standard InChI is InChI=1S/C16H26N2O3.ClH/c1-4-13-12(2)9-14(21-13)15(19)18-10-16(11-20-3)5-7-17-8-6-16;/h9,17H,4-8,10-11H2,1-3H3,(H,18,19);1H. The van der Waals surface area contributed by atoms with Crippen molar-refractivity contribution in [3.8, 4) is 0 Å². The van der Waals surface area contributed by atoms with Gasteiger partial charge in [0.1, 0.15) is 5.76 Å². The second-order valence-corrected chi connectivity index (χ2v) is 5.94. The van der Waals surface area contributed by atoms with Crippen molar-refractivity contribution in [2.75, 3.05) is 33.4 Å². The first-order valence-corrected chi connectivity index (χ1v) is 7.67. The lowest BCUT2D eigenvalue weighted by Gasteiger charge is -2.37. The molecule has 1 aromatic rings. The van der Waals surface area contributed by atoms with E-state index in [0.29, 0.717) is 18.9 Å². The topological polar surface area (TPSA) is 63.5 Å². The van der Waals surface area contributed by atoms with Gasteiger partial charge in [0.25, 0.3) is 5.91 Å². The number of amides is 1. The molecule has 6 heteroatoms. The normalized spacial score (nSPS) is 16.9. The van der Waals surface area contributed by atoms with E-state index in [4.69, 9.17) is 9.15 Å². The maximum atomic E-state index is 12.3. The van der Waals surface area contributed by atoms with Crippen LogP contribution in [0.4, 0.5) is 0 Å². The van der Waals surface area contributed by atoms with Gasteiger partial charge in [-0.1, -0.05) is 6.92 Å². The molecule has 2 heterocycles. The van der Waals surface area contributed by atoms with Gasteiger partial charge >= 0.3 is 0 Å². The first kappa shape index (κ1) is 19.0. The van der Waals surface area contributed by atoms with E-state index in [1.54, 1.807) is 7.11 Å². The van der Waals surface area contributed by atoms with Crippen LogP contribution in [-0.4, -0.2) is 39.3 Å². The molecule has 1 saturated heterocycles. The van der Waals surface area contributed by atoms with Crippen molar-refractivity contribution in [2.45, 2.75) is 33.1 Å². The molecule has 22 heavy (non-hydrogen) atoms. The summed E-state index contributed by atoms with van der Waals surface area (Å²) in [6.07, 6.45) is 2.83. The third kappa shape index (κ3) is 4.48. The Bertz CT molecular complexity index is 476. The van der Waals surface area contributed by atoms with Crippen molar-refractivity contribution in [3.63, 3.8) is 0 Å². The minimum Gasteiger partial charge on any atom is -0.456 e. The molecule has 1 fully saturated rings. The monoisotopic (exact) mass is 330 g/mol. The summed E-state index contributed by atoms with van der Waals surface area (Å²) in [5.41, 5.74) is 1.07. The van der Waals surface area contributed by atoms with Crippen LogP contribution >= 0.6 is 12.4 Å². The molecule has 0 unspecified atom stereocenters. The molecule has 5 nitrogen and oxygen atoms in total. The fourth-order valence-electron chi connectivity index (χ4n) is 2.97. The molecule has 1 aliphatic rings. The number of hydrogen-bond donors (Lipinski definition) is 2. The number of carbonyl (C=O) groups excluding carboxylic acids is 1. The van der Waals surface area contributed by atoms with Crippen molar-refractivity contribution >= 4 is 18.3 Å². The number of nitrogens with one attached hydrogen (secondary N) is 2. The molecule has 126 valence electrons. The number of carbonyl (C=O) groups is 1. The van der Waals surface area contributed by atoms with Crippen LogP contribution in [0.25, 0.3) is 0 Å². The van der Waals surface area contributed by atoms with Crippen LogP contribution in [0.15, 0.2) is 10.5 Å². The fraction of sp³-hybridized carbons (Fsp3) is 0.688. The van der Waals surface area contributed by atoms with Gasteiger partial charge in [-0.25, -0.2) is 0 Å². The number of furan rings is 1. The largest absolute Gasteiger partial charge is 0.456 e. The zero-order valence-electron chi connectivity index (χ0n) is 13.7. The number of halogens is 1. The number of aryl methyl sites for hydroxylation is 2. The molecule has 0 saturated carbocycles. The minimum atomic E-state index is -0.133. The SMILES string of the molecule is CCc1oc(C(=O)NCC2(COC)CCNCC2)cc1C.Cl. The fourth-order valence-corrected chi connectivity index (χ4v) is 2.97. The molecule has 1 amide bonds. The number of piperidine rings is 1. The highest BCUT2D eigenvalue weighted by atomic mass is 35.5. The summed E-state index contributed by atoms with van der Waals surface area (Å²) in [5.74, 6) is 1.16. The van der Waals surface area contributed by atoms with Crippen molar-refractivity contribution in [1.29, 1.82) is 0 Å². The highest BCUT2D eigenvalue weighted by Gasteiger charge is 2.32. The first-order chi connectivity index (χ1) is 10.1. The molecule has 0 radical (unpaired) electrons. The number of methoxy groups -OCH3 is 1. The van der Waals surface area contributed by atoms with Crippen LogP contribution < -0.4 is 10.6 Å². The molecular weight excluding hydrogens is 304 g/mol. The lowest BCUT2D eigenvalue weighted by molar-refractivity contribution is 0.0506. The number of rotatable bonds is 6. The van der Waals surface area contributed by atoms with Gasteiger partial charge in [-0.2, -0.15) is 0 Å². The van der Waals surface area contributed by atoms with Crippen LogP contribution in [0.3, 0.4) is 0 Å². The molecule has 2 rings (SSSR count). The van der Waals surface area contributed by atoms with Gasteiger partial charge in [-0.05, 0) is 44.5 Å². The van der Waals surface area contributed by atoms with Crippen LogP contribution in [0.1, 0.15) is 41.6 Å².